The maximum atomic E-state index is 12.8. The molecular formula is C24H32N2O2. The van der Waals surface area contributed by atoms with Gasteiger partial charge in [-0.3, -0.25) is 0 Å². The largest absolute Gasteiger partial charge is 0.624 e. The standard InChI is InChI=1S/C24H32N2O2/c1-23(2,3)25(27)17-21(19-13-9-7-10-14-19)22(18-26(28)24(4,5)6)20-15-11-8-12-16-20/h7-18,21-22H,1-6H3. The van der Waals surface area contributed by atoms with Crippen molar-refractivity contribution < 1.29 is 9.48 Å². The van der Waals surface area contributed by atoms with E-state index in [0.29, 0.717) is 0 Å². The van der Waals surface area contributed by atoms with E-state index in [1.54, 1.807) is 12.4 Å². The van der Waals surface area contributed by atoms with Crippen LogP contribution in [0.3, 0.4) is 0 Å². The maximum Gasteiger partial charge on any atom is 0.164 e. The van der Waals surface area contributed by atoms with Gasteiger partial charge < -0.3 is 10.4 Å². The van der Waals surface area contributed by atoms with Gasteiger partial charge in [0.2, 0.25) is 0 Å². The molecule has 0 N–H and O–H groups in total. The third-order valence-corrected chi connectivity index (χ3v) is 4.67. The normalized spacial score (nSPS) is 15.9. The lowest BCUT2D eigenvalue weighted by Crippen LogP contribution is -2.34. The first-order valence-electron chi connectivity index (χ1n) is 9.73. The van der Waals surface area contributed by atoms with Crippen LogP contribution in [0, 0.1) is 10.4 Å². The summed E-state index contributed by atoms with van der Waals surface area (Å²) in [5.74, 6) is -0.529. The Labute approximate surface area is 169 Å². The van der Waals surface area contributed by atoms with Crippen LogP contribution in [-0.4, -0.2) is 33.0 Å². The third-order valence-electron chi connectivity index (χ3n) is 4.67. The third kappa shape index (κ3) is 5.69. The van der Waals surface area contributed by atoms with Crippen molar-refractivity contribution in [2.24, 2.45) is 0 Å². The Kier molecular flexibility index (Phi) is 6.65. The molecule has 4 nitrogen and oxygen atoms in total. The minimum absolute atomic E-state index is 0.265. The fourth-order valence-electron chi connectivity index (χ4n) is 2.86. The highest BCUT2D eigenvalue weighted by Crippen LogP contribution is 2.31. The molecule has 0 saturated carbocycles. The van der Waals surface area contributed by atoms with Gasteiger partial charge in [0.15, 0.2) is 23.5 Å². The molecule has 150 valence electrons. The van der Waals surface area contributed by atoms with Crippen LogP contribution < -0.4 is 0 Å². The van der Waals surface area contributed by atoms with E-state index >= 15 is 0 Å². The zero-order valence-corrected chi connectivity index (χ0v) is 17.8. The molecule has 0 aliphatic heterocycles. The molecule has 0 aliphatic carbocycles. The highest BCUT2D eigenvalue weighted by Gasteiger charge is 2.31. The van der Waals surface area contributed by atoms with E-state index in [1.807, 2.05) is 102 Å². The Balaban J connectivity index is 2.68. The van der Waals surface area contributed by atoms with Crippen molar-refractivity contribution in [3.05, 3.63) is 82.2 Å². The molecule has 0 saturated heterocycles. The molecule has 0 bridgehead atoms. The van der Waals surface area contributed by atoms with Crippen LogP contribution >= 0.6 is 0 Å². The van der Waals surface area contributed by atoms with E-state index in [9.17, 15) is 10.4 Å². The van der Waals surface area contributed by atoms with Gasteiger partial charge in [-0.15, -0.1) is 0 Å². The quantitative estimate of drug-likeness (QED) is 0.305. The molecule has 2 aromatic rings. The van der Waals surface area contributed by atoms with Crippen LogP contribution in [0.4, 0.5) is 0 Å². The van der Waals surface area contributed by atoms with E-state index in [4.69, 9.17) is 0 Å². The predicted molar refractivity (Wildman–Crippen MR) is 117 cm³/mol. The Bertz CT molecular complexity index is 742. The summed E-state index contributed by atoms with van der Waals surface area (Å²) < 4.78 is 2.00. The molecule has 0 spiro atoms. The van der Waals surface area contributed by atoms with Gasteiger partial charge in [0.1, 0.15) is 0 Å². The minimum Gasteiger partial charge on any atom is -0.624 e. The van der Waals surface area contributed by atoms with Gasteiger partial charge in [-0.1, -0.05) is 60.7 Å². The highest BCUT2D eigenvalue weighted by atomic mass is 16.5. The second-order valence-corrected chi connectivity index (χ2v) is 9.16. The van der Waals surface area contributed by atoms with E-state index < -0.39 is 11.1 Å². The molecule has 4 heteroatoms. The lowest BCUT2D eigenvalue weighted by atomic mass is 9.82. The van der Waals surface area contributed by atoms with Crippen LogP contribution in [0.2, 0.25) is 0 Å². The Hall–Kier alpha value is -2.62. The summed E-state index contributed by atoms with van der Waals surface area (Å²) in [6, 6.07) is 19.8. The molecule has 0 aromatic heterocycles. The fraction of sp³-hybridized carbons (Fsp3) is 0.417. The molecule has 0 fully saturated rings. The molecular weight excluding hydrogens is 348 g/mol. The van der Waals surface area contributed by atoms with E-state index in [0.717, 1.165) is 20.6 Å². The smallest absolute Gasteiger partial charge is 0.164 e. The maximum absolute atomic E-state index is 12.8. The highest BCUT2D eigenvalue weighted by molar-refractivity contribution is 5.77. The molecule has 0 aliphatic rings. The van der Waals surface area contributed by atoms with Gasteiger partial charge in [0.25, 0.3) is 0 Å². The number of benzene rings is 2. The van der Waals surface area contributed by atoms with Crippen molar-refractivity contribution in [2.75, 3.05) is 0 Å². The molecule has 2 rings (SSSR count). The summed E-state index contributed by atoms with van der Waals surface area (Å²) >= 11 is 0. The zero-order valence-electron chi connectivity index (χ0n) is 17.8. The van der Waals surface area contributed by atoms with Gasteiger partial charge in [0, 0.05) is 41.5 Å². The van der Waals surface area contributed by atoms with Crippen LogP contribution in [0.25, 0.3) is 0 Å². The first-order valence-corrected chi connectivity index (χ1v) is 9.73. The van der Waals surface area contributed by atoms with Gasteiger partial charge >= 0.3 is 0 Å². The Morgan fingerprint density at radius 2 is 0.893 bits per heavy atom. The van der Waals surface area contributed by atoms with E-state index in [2.05, 4.69) is 0 Å². The van der Waals surface area contributed by atoms with E-state index in [1.165, 1.54) is 0 Å². The summed E-state index contributed by atoms with van der Waals surface area (Å²) in [6.07, 6.45) is 3.42. The van der Waals surface area contributed by atoms with Gasteiger partial charge in [0.05, 0.1) is 11.8 Å². The molecule has 0 amide bonds. The SMILES string of the molecule is CC(C)(C)[N+]([O-])=CC(c1ccccc1)C(C=[N+]([O-])C(C)(C)C)c1ccccc1. The Morgan fingerprint density at radius 1 is 0.607 bits per heavy atom. The van der Waals surface area contributed by atoms with Crippen molar-refractivity contribution in [1.82, 2.24) is 0 Å². The topological polar surface area (TPSA) is 52.1 Å². The first-order chi connectivity index (χ1) is 13.0. The molecule has 2 aromatic carbocycles. The summed E-state index contributed by atoms with van der Waals surface area (Å²) in [5, 5.41) is 25.6. The molecule has 28 heavy (non-hydrogen) atoms. The molecule has 0 radical (unpaired) electrons. The fourth-order valence-corrected chi connectivity index (χ4v) is 2.86. The van der Waals surface area contributed by atoms with Crippen molar-refractivity contribution in [3.8, 4) is 0 Å². The summed E-state index contributed by atoms with van der Waals surface area (Å²) in [5.41, 5.74) is 0.880. The summed E-state index contributed by atoms with van der Waals surface area (Å²) in [7, 11) is 0. The second kappa shape index (κ2) is 8.59. The monoisotopic (exact) mass is 380 g/mol. The zero-order chi connectivity index (χ0) is 20.9. The van der Waals surface area contributed by atoms with Crippen molar-refractivity contribution >= 4 is 12.4 Å². The van der Waals surface area contributed by atoms with Crippen LogP contribution in [0.15, 0.2) is 60.7 Å². The summed E-state index contributed by atoms with van der Waals surface area (Å²) in [4.78, 5) is 0. The van der Waals surface area contributed by atoms with Crippen LogP contribution in [0.1, 0.15) is 64.5 Å². The average molecular weight is 381 g/mol. The molecule has 0 heterocycles. The van der Waals surface area contributed by atoms with Crippen LogP contribution in [-0.2, 0) is 0 Å². The van der Waals surface area contributed by atoms with E-state index in [-0.39, 0.29) is 11.8 Å². The first kappa shape index (κ1) is 21.7. The predicted octanol–water partition coefficient (Wildman–Crippen LogP) is 5.31. The van der Waals surface area contributed by atoms with Crippen molar-refractivity contribution in [2.45, 2.75) is 64.5 Å². The van der Waals surface area contributed by atoms with Gasteiger partial charge in [-0.2, -0.15) is 0 Å². The molecule has 2 unspecified atom stereocenters. The lowest BCUT2D eigenvalue weighted by molar-refractivity contribution is -0.534. The summed E-state index contributed by atoms with van der Waals surface area (Å²) in [6.45, 7) is 11.3. The minimum atomic E-state index is -0.560. The second-order valence-electron chi connectivity index (χ2n) is 9.16. The lowest BCUT2D eigenvalue weighted by Gasteiger charge is -2.26. The number of rotatable bonds is 5. The molecule has 2 atom stereocenters. The van der Waals surface area contributed by atoms with Gasteiger partial charge in [-0.25, -0.2) is 9.48 Å². The number of nitrogens with zero attached hydrogens (tertiary/aromatic N) is 2. The number of hydrogen-bond acceptors (Lipinski definition) is 2. The van der Waals surface area contributed by atoms with Crippen LogP contribution in [0.5, 0.6) is 0 Å². The number of hydrogen-bond donors (Lipinski definition) is 0. The average Bonchev–Trinajstić information content (AvgIpc) is 2.64. The van der Waals surface area contributed by atoms with Gasteiger partial charge in [-0.05, 0) is 11.1 Å². The van der Waals surface area contributed by atoms with Crippen molar-refractivity contribution in [3.63, 3.8) is 0 Å². The number of hydroxylamine groups is 2. The Morgan fingerprint density at radius 3 is 1.14 bits per heavy atom. The van der Waals surface area contributed by atoms with Crippen molar-refractivity contribution in [1.29, 1.82) is 0 Å².